The maximum atomic E-state index is 12.8. The number of anilines is 2. The molecule has 7 heteroatoms. The first-order chi connectivity index (χ1) is 11.8. The monoisotopic (exact) mass is 348 g/mol. The van der Waals surface area contributed by atoms with E-state index in [4.69, 9.17) is 0 Å². The lowest BCUT2D eigenvalue weighted by atomic mass is 10.0. The third kappa shape index (κ3) is 3.86. The Morgan fingerprint density at radius 1 is 1.24 bits per heavy atom. The smallest absolute Gasteiger partial charge is 0.329 e. The number of aromatic amines is 1. The van der Waals surface area contributed by atoms with Crippen molar-refractivity contribution < 1.29 is 4.79 Å². The van der Waals surface area contributed by atoms with Gasteiger partial charge in [0.1, 0.15) is 11.5 Å². The van der Waals surface area contributed by atoms with Gasteiger partial charge in [-0.15, -0.1) is 0 Å². The number of carbonyl (C=O) groups is 1. The number of nitrogens with zero attached hydrogens (tertiary/aromatic N) is 3. The fourth-order valence-electron chi connectivity index (χ4n) is 3.30. The molecular formula is C18H28N4O3. The molecule has 1 unspecified atom stereocenters. The number of allylic oxidation sites excluding steroid dienone is 1. The van der Waals surface area contributed by atoms with E-state index in [0.717, 1.165) is 24.8 Å². The van der Waals surface area contributed by atoms with Crippen LogP contribution in [0.25, 0.3) is 0 Å². The van der Waals surface area contributed by atoms with Crippen molar-refractivity contribution in [3.63, 3.8) is 0 Å². The minimum Gasteiger partial charge on any atom is -0.349 e. The van der Waals surface area contributed by atoms with E-state index in [1.165, 1.54) is 4.57 Å². The molecule has 2 heterocycles. The van der Waals surface area contributed by atoms with Crippen LogP contribution in [0.1, 0.15) is 46.5 Å². The molecule has 0 aliphatic carbocycles. The Balaban J connectivity index is 2.50. The van der Waals surface area contributed by atoms with Crippen molar-refractivity contribution in [2.75, 3.05) is 23.5 Å². The quantitative estimate of drug-likeness (QED) is 0.600. The maximum absolute atomic E-state index is 12.8. The normalized spacial score (nSPS) is 14.4. The lowest BCUT2D eigenvalue weighted by Crippen LogP contribution is -2.44. The number of carbonyl (C=O) groups excluding carboxylic acids is 1. The molecule has 0 aromatic carbocycles. The SMILES string of the molecule is CCCCCC(C(=O)C=C(C)C)N1CN(C)c2c1n(C)c(=O)[nH]c2=O. The molecule has 0 spiro atoms. The lowest BCUT2D eigenvalue weighted by Gasteiger charge is -2.29. The predicted octanol–water partition coefficient (Wildman–Crippen LogP) is 1.77. The van der Waals surface area contributed by atoms with E-state index in [1.807, 2.05) is 18.7 Å². The van der Waals surface area contributed by atoms with E-state index in [2.05, 4.69) is 11.9 Å². The summed E-state index contributed by atoms with van der Waals surface area (Å²) in [6.07, 6.45) is 5.39. The standard InChI is InChI=1S/C18H28N4O3/c1-6-7-8-9-13(14(23)10-12(2)3)22-11-20(4)15-16(24)19-18(25)21(5)17(15)22/h10,13H,6-9,11H2,1-5H3,(H,19,24,25). The topological polar surface area (TPSA) is 78.4 Å². The summed E-state index contributed by atoms with van der Waals surface area (Å²) in [5.74, 6) is 0.540. The van der Waals surface area contributed by atoms with Gasteiger partial charge in [-0.2, -0.15) is 0 Å². The average molecular weight is 348 g/mol. The zero-order valence-electron chi connectivity index (χ0n) is 15.8. The highest BCUT2D eigenvalue weighted by molar-refractivity contribution is 5.98. The summed E-state index contributed by atoms with van der Waals surface area (Å²) >= 11 is 0. The number of hydrogen-bond donors (Lipinski definition) is 1. The maximum Gasteiger partial charge on any atom is 0.329 e. The number of rotatable bonds is 7. The van der Waals surface area contributed by atoms with Gasteiger partial charge in [-0.05, 0) is 26.3 Å². The van der Waals surface area contributed by atoms with Crippen LogP contribution in [0.15, 0.2) is 21.2 Å². The van der Waals surface area contributed by atoms with Gasteiger partial charge >= 0.3 is 5.69 Å². The van der Waals surface area contributed by atoms with E-state index in [-0.39, 0.29) is 11.8 Å². The zero-order valence-corrected chi connectivity index (χ0v) is 15.8. The highest BCUT2D eigenvalue weighted by atomic mass is 16.2. The third-order valence-corrected chi connectivity index (χ3v) is 4.50. The molecular weight excluding hydrogens is 320 g/mol. The van der Waals surface area contributed by atoms with Gasteiger partial charge in [0.15, 0.2) is 5.78 Å². The molecule has 1 aliphatic rings. The van der Waals surface area contributed by atoms with E-state index < -0.39 is 11.2 Å². The molecule has 0 amide bonds. The second-order valence-corrected chi connectivity index (χ2v) is 6.94. The minimum atomic E-state index is -0.467. The van der Waals surface area contributed by atoms with Crippen LogP contribution in [-0.4, -0.2) is 35.1 Å². The van der Waals surface area contributed by atoms with Crippen LogP contribution in [-0.2, 0) is 11.8 Å². The summed E-state index contributed by atoms with van der Waals surface area (Å²) in [7, 11) is 3.42. The first-order valence-electron chi connectivity index (χ1n) is 8.77. The largest absolute Gasteiger partial charge is 0.349 e. The Morgan fingerprint density at radius 3 is 2.52 bits per heavy atom. The van der Waals surface area contributed by atoms with Crippen molar-refractivity contribution >= 4 is 17.3 Å². The second-order valence-electron chi connectivity index (χ2n) is 6.94. The van der Waals surface area contributed by atoms with E-state index in [1.54, 1.807) is 25.1 Å². The fraction of sp³-hybridized carbons (Fsp3) is 0.611. The van der Waals surface area contributed by atoms with Crippen molar-refractivity contribution in [2.45, 2.75) is 52.5 Å². The van der Waals surface area contributed by atoms with E-state index in [0.29, 0.717) is 24.6 Å². The second kappa shape index (κ2) is 7.72. The van der Waals surface area contributed by atoms with E-state index in [9.17, 15) is 14.4 Å². The third-order valence-electron chi connectivity index (χ3n) is 4.50. The first-order valence-corrected chi connectivity index (χ1v) is 8.77. The summed E-state index contributed by atoms with van der Waals surface area (Å²) in [5, 5.41) is 0. The molecule has 1 atom stereocenters. The average Bonchev–Trinajstić information content (AvgIpc) is 2.86. The Kier molecular flexibility index (Phi) is 5.87. The molecule has 1 aromatic rings. The summed E-state index contributed by atoms with van der Waals surface area (Å²) < 4.78 is 1.42. The highest BCUT2D eigenvalue weighted by Crippen LogP contribution is 2.33. The number of fused-ring (bicyclic) bond motifs is 1. The molecule has 1 aromatic heterocycles. The first kappa shape index (κ1) is 19.0. The Labute approximate surface area is 147 Å². The summed E-state index contributed by atoms with van der Waals surface area (Å²) in [6, 6.07) is -0.377. The molecule has 25 heavy (non-hydrogen) atoms. The van der Waals surface area contributed by atoms with Crippen molar-refractivity contribution in [1.82, 2.24) is 9.55 Å². The summed E-state index contributed by atoms with van der Waals surface area (Å²) in [6.45, 7) is 6.32. The number of nitrogens with one attached hydrogen (secondary N) is 1. The molecule has 0 saturated carbocycles. The Bertz CT molecular complexity index is 786. The van der Waals surface area contributed by atoms with Crippen LogP contribution in [0.4, 0.5) is 11.5 Å². The van der Waals surface area contributed by atoms with Gasteiger partial charge < -0.3 is 9.80 Å². The van der Waals surface area contributed by atoms with Crippen LogP contribution in [0.2, 0.25) is 0 Å². The lowest BCUT2D eigenvalue weighted by molar-refractivity contribution is -0.116. The van der Waals surface area contributed by atoms with Crippen molar-refractivity contribution in [3.8, 4) is 0 Å². The minimum absolute atomic E-state index is 0.0186. The predicted molar refractivity (Wildman–Crippen MR) is 100 cm³/mol. The molecule has 7 nitrogen and oxygen atoms in total. The van der Waals surface area contributed by atoms with Crippen LogP contribution in [0.5, 0.6) is 0 Å². The van der Waals surface area contributed by atoms with Gasteiger partial charge in [-0.1, -0.05) is 31.8 Å². The molecule has 0 saturated heterocycles. The number of unbranched alkanes of at least 4 members (excludes halogenated alkanes) is 2. The van der Waals surface area contributed by atoms with Crippen LogP contribution < -0.4 is 21.0 Å². The van der Waals surface area contributed by atoms with Gasteiger partial charge in [0.25, 0.3) is 5.56 Å². The molecule has 0 radical (unpaired) electrons. The summed E-state index contributed by atoms with van der Waals surface area (Å²) in [5.41, 5.74) is 0.502. The number of aromatic nitrogens is 2. The number of H-pyrrole nitrogens is 1. The fourth-order valence-corrected chi connectivity index (χ4v) is 3.30. The van der Waals surface area contributed by atoms with Gasteiger partial charge in [-0.3, -0.25) is 19.1 Å². The van der Waals surface area contributed by atoms with Crippen LogP contribution >= 0.6 is 0 Å². The molecule has 2 rings (SSSR count). The molecule has 1 aliphatic heterocycles. The zero-order chi connectivity index (χ0) is 18.7. The van der Waals surface area contributed by atoms with E-state index >= 15 is 0 Å². The number of ketones is 1. The molecule has 138 valence electrons. The van der Waals surface area contributed by atoms with Crippen molar-refractivity contribution in [3.05, 3.63) is 32.5 Å². The highest BCUT2D eigenvalue weighted by Gasteiger charge is 2.36. The van der Waals surface area contributed by atoms with Crippen molar-refractivity contribution in [2.24, 2.45) is 7.05 Å². The van der Waals surface area contributed by atoms with Crippen LogP contribution in [0, 0.1) is 0 Å². The van der Waals surface area contributed by atoms with Crippen LogP contribution in [0.3, 0.4) is 0 Å². The molecule has 1 N–H and O–H groups in total. The molecule has 0 bridgehead atoms. The van der Waals surface area contributed by atoms with Gasteiger partial charge in [0, 0.05) is 14.1 Å². The Morgan fingerprint density at radius 2 is 1.92 bits per heavy atom. The van der Waals surface area contributed by atoms with Gasteiger partial charge in [0.05, 0.1) is 12.7 Å². The number of hydrogen-bond acceptors (Lipinski definition) is 5. The molecule has 0 fully saturated rings. The summed E-state index contributed by atoms with van der Waals surface area (Å²) in [4.78, 5) is 43.1. The van der Waals surface area contributed by atoms with Crippen molar-refractivity contribution in [1.29, 1.82) is 0 Å². The van der Waals surface area contributed by atoms with Gasteiger partial charge in [0.2, 0.25) is 0 Å². The Hall–Kier alpha value is -2.31. The van der Waals surface area contributed by atoms with Gasteiger partial charge in [-0.25, -0.2) is 4.79 Å².